The van der Waals surface area contributed by atoms with E-state index in [1.54, 1.807) is 36.0 Å². The van der Waals surface area contributed by atoms with Gasteiger partial charge in [0.15, 0.2) is 0 Å². The first-order valence-electron chi connectivity index (χ1n) is 7.47. The summed E-state index contributed by atoms with van der Waals surface area (Å²) in [6, 6.07) is 14.7. The average Bonchev–Trinajstić information content (AvgIpc) is 3.07. The fourth-order valence-electron chi connectivity index (χ4n) is 2.43. The first-order valence-corrected chi connectivity index (χ1v) is 8.26. The lowest BCUT2D eigenvalue weighted by atomic mass is 10.1. The van der Waals surface area contributed by atoms with Crippen molar-refractivity contribution in [3.63, 3.8) is 0 Å². The number of anilines is 1. The summed E-state index contributed by atoms with van der Waals surface area (Å²) in [5, 5.41) is 4.38. The van der Waals surface area contributed by atoms with Crippen molar-refractivity contribution in [2.45, 2.75) is 6.92 Å². The molecule has 0 aliphatic heterocycles. The summed E-state index contributed by atoms with van der Waals surface area (Å²) in [5.74, 6) is -0.349. The van der Waals surface area contributed by atoms with Crippen LogP contribution in [0.4, 0.5) is 5.69 Å². The van der Waals surface area contributed by atoms with Gasteiger partial charge >= 0.3 is 5.97 Å². The molecular weight excluding hydrogens is 370 g/mol. The second-order valence-corrected chi connectivity index (χ2v) is 5.99. The zero-order valence-corrected chi connectivity index (χ0v) is 14.7. The summed E-state index contributed by atoms with van der Waals surface area (Å²) < 4.78 is 7.74. The number of nitrogens with two attached hydrogens (primary N) is 1. The van der Waals surface area contributed by atoms with E-state index in [0.29, 0.717) is 17.9 Å². The zero-order valence-electron chi connectivity index (χ0n) is 13.1. The van der Waals surface area contributed by atoms with Gasteiger partial charge in [-0.2, -0.15) is 5.10 Å². The number of halogens is 1. The van der Waals surface area contributed by atoms with E-state index in [9.17, 15) is 4.79 Å². The van der Waals surface area contributed by atoms with Gasteiger partial charge in [0, 0.05) is 15.7 Å². The van der Waals surface area contributed by atoms with E-state index >= 15 is 0 Å². The molecule has 122 valence electrons. The van der Waals surface area contributed by atoms with Crippen LogP contribution in [0.15, 0.2) is 59.2 Å². The molecule has 0 radical (unpaired) electrons. The second-order valence-electron chi connectivity index (χ2n) is 5.14. The molecule has 2 N–H and O–H groups in total. The lowest BCUT2D eigenvalue weighted by molar-refractivity contribution is 0.0526. The molecule has 5 nitrogen and oxygen atoms in total. The van der Waals surface area contributed by atoms with Gasteiger partial charge in [0.05, 0.1) is 29.7 Å². The molecule has 1 aromatic heterocycles. The van der Waals surface area contributed by atoms with E-state index in [2.05, 4.69) is 21.0 Å². The van der Waals surface area contributed by atoms with Crippen LogP contribution < -0.4 is 5.73 Å². The number of aromatic nitrogens is 2. The molecule has 6 heteroatoms. The minimum atomic E-state index is -0.349. The monoisotopic (exact) mass is 385 g/mol. The highest BCUT2D eigenvalue weighted by molar-refractivity contribution is 9.10. The molecule has 0 aliphatic carbocycles. The van der Waals surface area contributed by atoms with Crippen molar-refractivity contribution in [1.29, 1.82) is 0 Å². The van der Waals surface area contributed by atoms with E-state index in [-0.39, 0.29) is 5.97 Å². The molecule has 0 bridgehead atoms. The van der Waals surface area contributed by atoms with E-state index in [0.717, 1.165) is 21.4 Å². The van der Waals surface area contributed by atoms with Gasteiger partial charge in [-0.05, 0) is 49.4 Å². The standard InChI is InChI=1S/C18H16BrN3O2/c1-2-24-18(23)12-4-3-5-14(10-12)22-17(8-9-21-22)15-11-13(20)6-7-16(15)19/h3-11H,2,20H2,1H3. The normalized spacial score (nSPS) is 10.6. The first kappa shape index (κ1) is 16.3. The Hall–Kier alpha value is -2.60. The highest BCUT2D eigenvalue weighted by Crippen LogP contribution is 2.31. The van der Waals surface area contributed by atoms with Crippen LogP contribution in [-0.2, 0) is 4.74 Å². The predicted molar refractivity (Wildman–Crippen MR) is 97.1 cm³/mol. The summed E-state index contributed by atoms with van der Waals surface area (Å²) >= 11 is 3.55. The van der Waals surface area contributed by atoms with Gasteiger partial charge < -0.3 is 10.5 Å². The van der Waals surface area contributed by atoms with Crippen LogP contribution in [0.1, 0.15) is 17.3 Å². The predicted octanol–water partition coefficient (Wildman–Crippen LogP) is 4.06. The van der Waals surface area contributed by atoms with Gasteiger partial charge in [-0.15, -0.1) is 0 Å². The Balaban J connectivity index is 2.06. The molecule has 0 saturated heterocycles. The van der Waals surface area contributed by atoms with Crippen LogP contribution in [0.5, 0.6) is 0 Å². The fraction of sp³-hybridized carbons (Fsp3) is 0.111. The van der Waals surface area contributed by atoms with Gasteiger partial charge in [-0.25, -0.2) is 9.48 Å². The Morgan fingerprint density at radius 1 is 1.25 bits per heavy atom. The number of carbonyl (C=O) groups is 1. The Labute approximate surface area is 148 Å². The van der Waals surface area contributed by atoms with Crippen molar-refractivity contribution >= 4 is 27.6 Å². The molecular formula is C18H16BrN3O2. The summed E-state index contributed by atoms with van der Waals surface area (Å²) in [4.78, 5) is 11.9. The topological polar surface area (TPSA) is 70.1 Å². The zero-order chi connectivity index (χ0) is 17.1. The Morgan fingerprint density at radius 2 is 2.08 bits per heavy atom. The molecule has 0 fully saturated rings. The number of esters is 1. The molecule has 0 atom stereocenters. The van der Waals surface area contributed by atoms with E-state index in [4.69, 9.17) is 10.5 Å². The number of nitrogen functional groups attached to an aromatic ring is 1. The maximum absolute atomic E-state index is 11.9. The summed E-state index contributed by atoms with van der Waals surface area (Å²) in [6.45, 7) is 2.12. The van der Waals surface area contributed by atoms with Crippen LogP contribution in [-0.4, -0.2) is 22.4 Å². The Morgan fingerprint density at radius 3 is 2.88 bits per heavy atom. The van der Waals surface area contributed by atoms with Crippen LogP contribution in [0.25, 0.3) is 16.9 Å². The second kappa shape index (κ2) is 6.88. The van der Waals surface area contributed by atoms with Crippen molar-refractivity contribution in [2.75, 3.05) is 12.3 Å². The minimum absolute atomic E-state index is 0.340. The molecule has 3 rings (SSSR count). The molecule has 0 amide bonds. The third-order valence-corrected chi connectivity index (χ3v) is 4.20. The SMILES string of the molecule is CCOC(=O)c1cccc(-n2nccc2-c2cc(N)ccc2Br)c1. The number of nitrogens with zero attached hydrogens (tertiary/aromatic N) is 2. The smallest absolute Gasteiger partial charge is 0.338 e. The minimum Gasteiger partial charge on any atom is -0.462 e. The van der Waals surface area contributed by atoms with Crippen LogP contribution in [0.3, 0.4) is 0 Å². The lowest BCUT2D eigenvalue weighted by Crippen LogP contribution is -2.06. The number of rotatable bonds is 4. The van der Waals surface area contributed by atoms with Crippen molar-refractivity contribution < 1.29 is 9.53 Å². The Bertz CT molecular complexity index is 889. The number of hydrogen-bond acceptors (Lipinski definition) is 4. The third kappa shape index (κ3) is 3.19. The molecule has 1 heterocycles. The number of carbonyl (C=O) groups excluding carboxylic acids is 1. The fourth-order valence-corrected chi connectivity index (χ4v) is 2.88. The van der Waals surface area contributed by atoms with Crippen molar-refractivity contribution in [3.05, 3.63) is 64.8 Å². The van der Waals surface area contributed by atoms with Crippen molar-refractivity contribution in [1.82, 2.24) is 9.78 Å². The summed E-state index contributed by atoms with van der Waals surface area (Å²) in [5.41, 5.74) is 9.63. The Kier molecular flexibility index (Phi) is 4.66. The highest BCUT2D eigenvalue weighted by atomic mass is 79.9. The molecule has 3 aromatic rings. The first-order chi connectivity index (χ1) is 11.6. The maximum Gasteiger partial charge on any atom is 0.338 e. The van der Waals surface area contributed by atoms with E-state index < -0.39 is 0 Å². The molecule has 2 aromatic carbocycles. The largest absolute Gasteiger partial charge is 0.462 e. The van der Waals surface area contributed by atoms with Gasteiger partial charge in [0.25, 0.3) is 0 Å². The van der Waals surface area contributed by atoms with Crippen LogP contribution in [0, 0.1) is 0 Å². The number of benzene rings is 2. The van der Waals surface area contributed by atoms with Gasteiger partial charge in [0.1, 0.15) is 0 Å². The molecule has 0 unspecified atom stereocenters. The van der Waals surface area contributed by atoms with Crippen molar-refractivity contribution in [2.24, 2.45) is 0 Å². The molecule has 0 saturated carbocycles. The van der Waals surface area contributed by atoms with Crippen molar-refractivity contribution in [3.8, 4) is 16.9 Å². The third-order valence-electron chi connectivity index (χ3n) is 3.51. The van der Waals surface area contributed by atoms with E-state index in [1.807, 2.05) is 30.3 Å². The maximum atomic E-state index is 11.9. The molecule has 24 heavy (non-hydrogen) atoms. The molecule has 0 spiro atoms. The highest BCUT2D eigenvalue weighted by Gasteiger charge is 2.13. The van der Waals surface area contributed by atoms with Crippen LogP contribution >= 0.6 is 15.9 Å². The number of hydrogen-bond donors (Lipinski definition) is 1. The van der Waals surface area contributed by atoms with E-state index in [1.165, 1.54) is 0 Å². The van der Waals surface area contributed by atoms with Gasteiger partial charge in [-0.1, -0.05) is 22.0 Å². The quantitative estimate of drug-likeness (QED) is 0.542. The average molecular weight is 386 g/mol. The number of ether oxygens (including phenoxy) is 1. The van der Waals surface area contributed by atoms with Crippen LogP contribution in [0.2, 0.25) is 0 Å². The summed E-state index contributed by atoms with van der Waals surface area (Å²) in [7, 11) is 0. The van der Waals surface area contributed by atoms with Gasteiger partial charge in [-0.3, -0.25) is 0 Å². The molecule has 0 aliphatic rings. The summed E-state index contributed by atoms with van der Waals surface area (Å²) in [6.07, 6.45) is 1.71. The lowest BCUT2D eigenvalue weighted by Gasteiger charge is -2.11. The van der Waals surface area contributed by atoms with Gasteiger partial charge in [0.2, 0.25) is 0 Å².